The number of hydrogen-bond acceptors (Lipinski definition) is 3. The first kappa shape index (κ1) is 38.3. The van der Waals surface area contributed by atoms with Crippen LogP contribution in [0.15, 0.2) is 243 Å². The lowest BCUT2D eigenvalue weighted by atomic mass is 9.70. The average Bonchev–Trinajstić information content (AvgIpc) is 4.02. The Morgan fingerprint density at radius 3 is 1.15 bits per heavy atom. The molecule has 68 heavy (non-hydrogen) atoms. The molecule has 0 fully saturated rings. The first-order chi connectivity index (χ1) is 33.7. The first-order valence-corrected chi connectivity index (χ1v) is 23.3. The van der Waals surface area contributed by atoms with Gasteiger partial charge in [-0.1, -0.05) is 212 Å². The highest BCUT2D eigenvalue weighted by Gasteiger charge is 2.52. The Bertz CT molecular complexity index is 3790. The number of hydrogen-bond donors (Lipinski definition) is 0. The van der Waals surface area contributed by atoms with Gasteiger partial charge in [-0.3, -0.25) is 0 Å². The van der Waals surface area contributed by atoms with Crippen molar-refractivity contribution >= 4 is 21.8 Å². The summed E-state index contributed by atoms with van der Waals surface area (Å²) < 4.78 is 2.50. The molecule has 0 amide bonds. The van der Waals surface area contributed by atoms with E-state index >= 15 is 0 Å². The van der Waals surface area contributed by atoms with Gasteiger partial charge in [-0.05, 0) is 97.1 Å². The molecule has 0 aliphatic heterocycles. The molecule has 4 heteroatoms. The topological polar surface area (TPSA) is 43.6 Å². The van der Waals surface area contributed by atoms with E-state index in [1.54, 1.807) is 0 Å². The van der Waals surface area contributed by atoms with Crippen molar-refractivity contribution in [1.82, 2.24) is 19.5 Å². The Morgan fingerprint density at radius 1 is 0.265 bits per heavy atom. The smallest absolute Gasteiger partial charge is 0.164 e. The van der Waals surface area contributed by atoms with Crippen LogP contribution in [-0.4, -0.2) is 19.5 Å². The fourth-order valence-corrected chi connectivity index (χ4v) is 11.3. The van der Waals surface area contributed by atoms with Crippen LogP contribution in [0.5, 0.6) is 0 Å². The SMILES string of the molecule is c1ccc(-c2ccc3c4ccc(-c5ccccc5)cc4n(-c4ccc5c(c4)C4(c6ccccc6-c6ccc(-c7nc(-c8ccccc8)nc(-c8ccccc8)n7)cc64)c4ccccc4-5)c3c2)cc1. The summed E-state index contributed by atoms with van der Waals surface area (Å²) in [5.41, 5.74) is 20.4. The second kappa shape index (κ2) is 15.0. The van der Waals surface area contributed by atoms with E-state index in [9.17, 15) is 0 Å². The third kappa shape index (κ3) is 5.71. The molecule has 2 aliphatic rings. The predicted octanol–water partition coefficient (Wildman–Crippen LogP) is 15.6. The summed E-state index contributed by atoms with van der Waals surface area (Å²) >= 11 is 0. The number of benzene rings is 10. The Morgan fingerprint density at radius 2 is 0.647 bits per heavy atom. The molecule has 0 N–H and O–H groups in total. The van der Waals surface area contributed by atoms with Crippen LogP contribution in [0, 0.1) is 0 Å². The maximum Gasteiger partial charge on any atom is 0.164 e. The molecule has 0 saturated heterocycles. The summed E-state index contributed by atoms with van der Waals surface area (Å²) in [6.45, 7) is 0. The molecular weight excluding hydrogens is 825 g/mol. The van der Waals surface area contributed by atoms with E-state index in [0.717, 1.165) is 22.4 Å². The van der Waals surface area contributed by atoms with Crippen molar-refractivity contribution < 1.29 is 0 Å². The molecule has 1 spiro atoms. The molecule has 2 heterocycles. The van der Waals surface area contributed by atoms with Crippen LogP contribution in [0.3, 0.4) is 0 Å². The molecule has 12 aromatic rings. The number of rotatable bonds is 6. The molecule has 0 bridgehead atoms. The zero-order valence-corrected chi connectivity index (χ0v) is 36.9. The van der Waals surface area contributed by atoms with Gasteiger partial charge in [-0.15, -0.1) is 0 Å². The fraction of sp³-hybridized carbons (Fsp3) is 0.0156. The quantitative estimate of drug-likeness (QED) is 0.167. The van der Waals surface area contributed by atoms with Gasteiger partial charge in [0.1, 0.15) is 0 Å². The summed E-state index contributed by atoms with van der Waals surface area (Å²) in [6.07, 6.45) is 0. The van der Waals surface area contributed by atoms with E-state index in [1.807, 2.05) is 36.4 Å². The summed E-state index contributed by atoms with van der Waals surface area (Å²) in [6, 6.07) is 87.8. The third-order valence-corrected chi connectivity index (χ3v) is 14.3. The number of fused-ring (bicyclic) bond motifs is 13. The minimum Gasteiger partial charge on any atom is -0.309 e. The van der Waals surface area contributed by atoms with Crippen LogP contribution in [0.25, 0.3) is 106 Å². The van der Waals surface area contributed by atoms with Gasteiger partial charge in [0.05, 0.1) is 16.4 Å². The molecule has 4 nitrogen and oxygen atoms in total. The standard InChI is InChI=1S/C64H40N4/c1-5-17-41(18-6-1)45-29-34-53-54-35-30-46(42-19-7-2-8-20-42)39-60(54)68(59(53)38-45)48-32-36-52-50-26-14-16-28-56(50)64(58(52)40-48)55-27-15-13-25-49(55)51-33-31-47(37-57(51)64)63-66-61(43-21-9-3-10-22-43)65-62(67-63)44-23-11-4-12-24-44/h1-40H. The second-order valence-electron chi connectivity index (χ2n) is 17.9. The van der Waals surface area contributed by atoms with Gasteiger partial charge in [0.15, 0.2) is 17.5 Å². The maximum atomic E-state index is 5.22. The summed E-state index contributed by atoms with van der Waals surface area (Å²) in [5.74, 6) is 1.93. The zero-order chi connectivity index (χ0) is 44.8. The van der Waals surface area contributed by atoms with Crippen LogP contribution in [0.2, 0.25) is 0 Å². The van der Waals surface area contributed by atoms with Crippen molar-refractivity contribution in [3.05, 3.63) is 265 Å². The van der Waals surface area contributed by atoms with Gasteiger partial charge in [-0.2, -0.15) is 0 Å². The Labute approximate surface area is 394 Å². The number of nitrogens with zero attached hydrogens (tertiary/aromatic N) is 4. The van der Waals surface area contributed by atoms with Gasteiger partial charge < -0.3 is 4.57 Å². The van der Waals surface area contributed by atoms with E-state index in [1.165, 1.54) is 88.6 Å². The van der Waals surface area contributed by atoms with Crippen molar-refractivity contribution in [2.75, 3.05) is 0 Å². The van der Waals surface area contributed by atoms with Gasteiger partial charge in [0.2, 0.25) is 0 Å². The van der Waals surface area contributed by atoms with E-state index < -0.39 is 5.41 Å². The van der Waals surface area contributed by atoms with Crippen LogP contribution in [0.4, 0.5) is 0 Å². The highest BCUT2D eigenvalue weighted by molar-refractivity contribution is 6.11. The van der Waals surface area contributed by atoms with Crippen molar-refractivity contribution in [2.45, 2.75) is 5.41 Å². The van der Waals surface area contributed by atoms with E-state index in [-0.39, 0.29) is 0 Å². The molecule has 0 saturated carbocycles. The molecule has 10 aromatic carbocycles. The lowest BCUT2D eigenvalue weighted by Gasteiger charge is -2.31. The summed E-state index contributed by atoms with van der Waals surface area (Å²) in [7, 11) is 0. The van der Waals surface area contributed by atoms with Crippen molar-refractivity contribution in [2.24, 2.45) is 0 Å². The summed E-state index contributed by atoms with van der Waals surface area (Å²) in [4.78, 5) is 15.5. The predicted molar refractivity (Wildman–Crippen MR) is 278 cm³/mol. The fourth-order valence-electron chi connectivity index (χ4n) is 11.3. The molecule has 1 atom stereocenters. The average molecular weight is 865 g/mol. The lowest BCUT2D eigenvalue weighted by molar-refractivity contribution is 0.792. The van der Waals surface area contributed by atoms with Gasteiger partial charge in [0, 0.05) is 33.2 Å². The molecule has 316 valence electrons. The highest BCUT2D eigenvalue weighted by atomic mass is 15.0. The van der Waals surface area contributed by atoms with Crippen LogP contribution in [0.1, 0.15) is 22.3 Å². The second-order valence-corrected chi connectivity index (χ2v) is 17.9. The van der Waals surface area contributed by atoms with Gasteiger partial charge in [-0.25, -0.2) is 15.0 Å². The lowest BCUT2D eigenvalue weighted by Crippen LogP contribution is -2.26. The number of aromatic nitrogens is 4. The molecule has 2 aromatic heterocycles. The molecule has 0 radical (unpaired) electrons. The Kier molecular flexibility index (Phi) is 8.46. The first-order valence-electron chi connectivity index (χ1n) is 23.3. The summed E-state index contributed by atoms with van der Waals surface area (Å²) in [5, 5.41) is 2.45. The largest absolute Gasteiger partial charge is 0.309 e. The van der Waals surface area contributed by atoms with Crippen molar-refractivity contribution in [1.29, 1.82) is 0 Å². The monoisotopic (exact) mass is 864 g/mol. The Hall–Kier alpha value is -8.99. The van der Waals surface area contributed by atoms with E-state index in [4.69, 9.17) is 15.0 Å². The molecule has 1 unspecified atom stereocenters. The van der Waals surface area contributed by atoms with E-state index in [2.05, 4.69) is 211 Å². The van der Waals surface area contributed by atoms with Crippen LogP contribution in [-0.2, 0) is 5.41 Å². The van der Waals surface area contributed by atoms with Crippen molar-refractivity contribution in [3.8, 4) is 84.4 Å². The van der Waals surface area contributed by atoms with E-state index in [0.29, 0.717) is 17.5 Å². The van der Waals surface area contributed by atoms with Gasteiger partial charge in [0.25, 0.3) is 0 Å². The molecule has 2 aliphatic carbocycles. The molecular formula is C64H40N4. The maximum absolute atomic E-state index is 5.22. The third-order valence-electron chi connectivity index (χ3n) is 14.3. The zero-order valence-electron chi connectivity index (χ0n) is 36.9. The minimum atomic E-state index is -0.620. The Balaban J connectivity index is 1.03. The van der Waals surface area contributed by atoms with Gasteiger partial charge >= 0.3 is 0 Å². The highest BCUT2D eigenvalue weighted by Crippen LogP contribution is 2.63. The minimum absolute atomic E-state index is 0.620. The van der Waals surface area contributed by atoms with Crippen molar-refractivity contribution in [3.63, 3.8) is 0 Å². The normalized spacial score (nSPS) is 14.2. The molecule has 14 rings (SSSR count). The van der Waals surface area contributed by atoms with Crippen LogP contribution < -0.4 is 0 Å². The van der Waals surface area contributed by atoms with Crippen LogP contribution >= 0.6 is 0 Å².